The zero-order chi connectivity index (χ0) is 18.5. The molecule has 0 atom stereocenters. The summed E-state index contributed by atoms with van der Waals surface area (Å²) in [5.41, 5.74) is 2.52. The molecule has 134 valence electrons. The average molecular weight is 367 g/mol. The van der Waals surface area contributed by atoms with Crippen molar-refractivity contribution in [2.24, 2.45) is 0 Å². The molecule has 2 aromatic carbocycles. The van der Waals surface area contributed by atoms with Crippen LogP contribution in [0.1, 0.15) is 27.3 Å². The number of carbonyl (C=O) groups is 2. The van der Waals surface area contributed by atoms with Crippen LogP contribution in [0.3, 0.4) is 0 Å². The van der Waals surface area contributed by atoms with Gasteiger partial charge >= 0.3 is 0 Å². The fourth-order valence-electron chi connectivity index (χ4n) is 2.68. The zero-order valence-corrected chi connectivity index (χ0v) is 15.7. The molecular weight excluding hydrogens is 346 g/mol. The molecule has 0 spiro atoms. The van der Waals surface area contributed by atoms with Crippen LogP contribution in [0.4, 0.5) is 0 Å². The Bertz CT molecular complexity index is 902. The first kappa shape index (κ1) is 18.1. The third kappa shape index (κ3) is 4.26. The standard InChI is InChI=1S/C20H21N3O2S/c1-14-7-3-4-8-15(14)20(25)21-12-11-19(24)23(2)13-18-22-16-9-5-6-10-17(16)26-18/h3-10H,11-13H2,1-2H3,(H,21,25). The Balaban J connectivity index is 1.50. The smallest absolute Gasteiger partial charge is 0.251 e. The molecule has 5 nitrogen and oxygen atoms in total. The van der Waals surface area contributed by atoms with Crippen molar-refractivity contribution in [3.63, 3.8) is 0 Å². The van der Waals surface area contributed by atoms with Gasteiger partial charge in [-0.1, -0.05) is 30.3 Å². The predicted octanol–water partition coefficient (Wildman–Crippen LogP) is 3.38. The summed E-state index contributed by atoms with van der Waals surface area (Å²) < 4.78 is 1.12. The zero-order valence-electron chi connectivity index (χ0n) is 14.9. The van der Waals surface area contributed by atoms with Crippen molar-refractivity contribution in [3.05, 3.63) is 64.7 Å². The lowest BCUT2D eigenvalue weighted by atomic mass is 10.1. The van der Waals surface area contributed by atoms with Crippen molar-refractivity contribution in [1.29, 1.82) is 0 Å². The summed E-state index contributed by atoms with van der Waals surface area (Å²) >= 11 is 1.60. The molecule has 0 saturated heterocycles. The van der Waals surface area contributed by atoms with Crippen LogP contribution in [0.2, 0.25) is 0 Å². The summed E-state index contributed by atoms with van der Waals surface area (Å²) in [5, 5.41) is 3.72. The lowest BCUT2D eigenvalue weighted by Crippen LogP contribution is -2.32. The SMILES string of the molecule is Cc1ccccc1C(=O)NCCC(=O)N(C)Cc1nc2ccccc2s1. The molecular formula is C20H21N3O2S. The number of aromatic nitrogens is 1. The molecule has 1 N–H and O–H groups in total. The van der Waals surface area contributed by atoms with Crippen LogP contribution in [0, 0.1) is 6.92 Å². The third-order valence-electron chi connectivity index (χ3n) is 4.15. The normalized spacial score (nSPS) is 10.7. The van der Waals surface area contributed by atoms with Crippen molar-refractivity contribution in [1.82, 2.24) is 15.2 Å². The van der Waals surface area contributed by atoms with E-state index in [2.05, 4.69) is 10.3 Å². The number of amides is 2. The number of hydrogen-bond donors (Lipinski definition) is 1. The van der Waals surface area contributed by atoms with E-state index in [4.69, 9.17) is 0 Å². The maximum Gasteiger partial charge on any atom is 0.251 e. The summed E-state index contributed by atoms with van der Waals surface area (Å²) in [6.07, 6.45) is 0.263. The summed E-state index contributed by atoms with van der Waals surface area (Å²) in [4.78, 5) is 30.7. The van der Waals surface area contributed by atoms with Gasteiger partial charge in [0, 0.05) is 25.6 Å². The minimum Gasteiger partial charge on any atom is -0.352 e. The largest absolute Gasteiger partial charge is 0.352 e. The Labute approximate surface area is 156 Å². The fourth-order valence-corrected chi connectivity index (χ4v) is 3.70. The topological polar surface area (TPSA) is 62.3 Å². The molecule has 26 heavy (non-hydrogen) atoms. The number of carbonyl (C=O) groups excluding carboxylic acids is 2. The average Bonchev–Trinajstić information content (AvgIpc) is 3.04. The molecule has 0 radical (unpaired) electrons. The van der Waals surface area contributed by atoms with Gasteiger partial charge in [0.25, 0.3) is 5.91 Å². The Morgan fingerprint density at radius 2 is 1.85 bits per heavy atom. The van der Waals surface area contributed by atoms with Gasteiger partial charge in [-0.3, -0.25) is 9.59 Å². The molecule has 1 heterocycles. The Morgan fingerprint density at radius 3 is 2.62 bits per heavy atom. The number of aryl methyl sites for hydroxylation is 1. The van der Waals surface area contributed by atoms with Gasteiger partial charge < -0.3 is 10.2 Å². The number of para-hydroxylation sites is 1. The molecule has 3 rings (SSSR count). The molecule has 0 aliphatic carbocycles. The van der Waals surface area contributed by atoms with Gasteiger partial charge in [-0.05, 0) is 30.7 Å². The van der Waals surface area contributed by atoms with Crippen LogP contribution in [0.5, 0.6) is 0 Å². The first-order valence-corrected chi connectivity index (χ1v) is 9.28. The van der Waals surface area contributed by atoms with Crippen molar-refractivity contribution < 1.29 is 9.59 Å². The Morgan fingerprint density at radius 1 is 1.12 bits per heavy atom. The van der Waals surface area contributed by atoms with E-state index in [0.29, 0.717) is 18.7 Å². The second kappa shape index (κ2) is 8.10. The van der Waals surface area contributed by atoms with Gasteiger partial charge in [-0.15, -0.1) is 11.3 Å². The fraction of sp³-hybridized carbons (Fsp3) is 0.250. The number of fused-ring (bicyclic) bond motifs is 1. The maximum atomic E-state index is 12.3. The lowest BCUT2D eigenvalue weighted by Gasteiger charge is -2.16. The van der Waals surface area contributed by atoms with Crippen molar-refractivity contribution in [3.8, 4) is 0 Å². The number of benzene rings is 2. The number of nitrogens with zero attached hydrogens (tertiary/aromatic N) is 2. The molecule has 0 bridgehead atoms. The number of nitrogens with one attached hydrogen (secondary N) is 1. The lowest BCUT2D eigenvalue weighted by molar-refractivity contribution is -0.130. The van der Waals surface area contributed by atoms with Crippen LogP contribution < -0.4 is 5.32 Å². The molecule has 0 aliphatic rings. The van der Waals surface area contributed by atoms with E-state index in [0.717, 1.165) is 20.8 Å². The monoisotopic (exact) mass is 367 g/mol. The van der Waals surface area contributed by atoms with E-state index >= 15 is 0 Å². The quantitative estimate of drug-likeness (QED) is 0.726. The highest BCUT2D eigenvalue weighted by Crippen LogP contribution is 2.22. The minimum absolute atomic E-state index is 0.0191. The van der Waals surface area contributed by atoms with Crippen molar-refractivity contribution >= 4 is 33.4 Å². The molecule has 6 heteroatoms. The van der Waals surface area contributed by atoms with E-state index < -0.39 is 0 Å². The summed E-state index contributed by atoms with van der Waals surface area (Å²) in [6.45, 7) is 2.69. The molecule has 2 amide bonds. The van der Waals surface area contributed by atoms with Gasteiger partial charge in [-0.2, -0.15) is 0 Å². The molecule has 0 aliphatic heterocycles. The third-order valence-corrected chi connectivity index (χ3v) is 5.17. The second-order valence-electron chi connectivity index (χ2n) is 6.15. The molecule has 0 saturated carbocycles. The minimum atomic E-state index is -0.148. The molecule has 0 fully saturated rings. The highest BCUT2D eigenvalue weighted by atomic mass is 32.1. The van der Waals surface area contributed by atoms with Gasteiger partial charge in [0.15, 0.2) is 0 Å². The Kier molecular flexibility index (Phi) is 5.63. The van der Waals surface area contributed by atoms with Gasteiger partial charge in [0.05, 0.1) is 16.8 Å². The summed E-state index contributed by atoms with van der Waals surface area (Å²) in [6, 6.07) is 15.3. The van der Waals surface area contributed by atoms with Crippen molar-refractivity contribution in [2.45, 2.75) is 19.9 Å². The predicted molar refractivity (Wildman–Crippen MR) is 104 cm³/mol. The van der Waals surface area contributed by atoms with Crippen LogP contribution in [0.25, 0.3) is 10.2 Å². The van der Waals surface area contributed by atoms with Gasteiger partial charge in [0.1, 0.15) is 5.01 Å². The van der Waals surface area contributed by atoms with E-state index in [9.17, 15) is 9.59 Å². The van der Waals surface area contributed by atoms with E-state index in [-0.39, 0.29) is 18.2 Å². The molecule has 3 aromatic rings. The summed E-state index contributed by atoms with van der Waals surface area (Å²) in [7, 11) is 1.76. The van der Waals surface area contributed by atoms with E-state index in [1.165, 1.54) is 0 Å². The van der Waals surface area contributed by atoms with Crippen molar-refractivity contribution in [2.75, 3.05) is 13.6 Å². The van der Waals surface area contributed by atoms with Crippen LogP contribution in [-0.2, 0) is 11.3 Å². The van der Waals surface area contributed by atoms with Crippen LogP contribution >= 0.6 is 11.3 Å². The number of thiazole rings is 1. The van der Waals surface area contributed by atoms with Gasteiger partial charge in [0.2, 0.25) is 5.91 Å². The number of rotatable bonds is 6. The maximum absolute atomic E-state index is 12.3. The highest BCUT2D eigenvalue weighted by molar-refractivity contribution is 7.18. The van der Waals surface area contributed by atoms with E-state index in [1.54, 1.807) is 29.4 Å². The van der Waals surface area contributed by atoms with Gasteiger partial charge in [-0.25, -0.2) is 4.98 Å². The first-order valence-electron chi connectivity index (χ1n) is 8.47. The number of hydrogen-bond acceptors (Lipinski definition) is 4. The molecule has 0 unspecified atom stereocenters. The van der Waals surface area contributed by atoms with E-state index in [1.807, 2.05) is 49.4 Å². The summed E-state index contributed by atoms with van der Waals surface area (Å²) in [5.74, 6) is -0.168. The van der Waals surface area contributed by atoms with Crippen LogP contribution in [-0.4, -0.2) is 35.3 Å². The second-order valence-corrected chi connectivity index (χ2v) is 7.26. The highest BCUT2D eigenvalue weighted by Gasteiger charge is 2.13. The molecule has 1 aromatic heterocycles. The van der Waals surface area contributed by atoms with Crippen LogP contribution in [0.15, 0.2) is 48.5 Å². The Hall–Kier alpha value is -2.73. The first-order chi connectivity index (χ1) is 12.5.